The van der Waals surface area contributed by atoms with Gasteiger partial charge in [-0.1, -0.05) is 36.4 Å². The Morgan fingerprint density at radius 3 is 2.29 bits per heavy atom. The smallest absolute Gasteiger partial charge is 0.0313 e. The minimum atomic E-state index is 1.09. The maximum absolute atomic E-state index is 3.61. The van der Waals surface area contributed by atoms with Gasteiger partial charge < -0.3 is 0 Å². The third-order valence-electron chi connectivity index (χ3n) is 2.76. The van der Waals surface area contributed by atoms with Crippen LogP contribution in [0.1, 0.15) is 11.1 Å². The standard InChI is InChI=1S/C15H15BrS/c1-17-15-10-9-13(11-14(15)16)8-7-12-5-3-2-4-6-12/h2-6,9-11H,7-8H2,1H3. The van der Waals surface area contributed by atoms with Crippen LogP contribution >= 0.6 is 27.7 Å². The van der Waals surface area contributed by atoms with Gasteiger partial charge in [0.2, 0.25) is 0 Å². The summed E-state index contributed by atoms with van der Waals surface area (Å²) in [6.45, 7) is 0. The second kappa shape index (κ2) is 6.27. The van der Waals surface area contributed by atoms with E-state index in [1.165, 1.54) is 20.5 Å². The molecule has 0 atom stereocenters. The van der Waals surface area contributed by atoms with E-state index in [9.17, 15) is 0 Å². The molecule has 0 amide bonds. The Morgan fingerprint density at radius 2 is 1.65 bits per heavy atom. The van der Waals surface area contributed by atoms with Crippen LogP contribution in [-0.2, 0) is 12.8 Å². The number of benzene rings is 2. The van der Waals surface area contributed by atoms with E-state index < -0.39 is 0 Å². The van der Waals surface area contributed by atoms with Gasteiger partial charge in [0.15, 0.2) is 0 Å². The summed E-state index contributed by atoms with van der Waals surface area (Å²) in [6, 6.07) is 17.3. The number of thioether (sulfide) groups is 1. The zero-order chi connectivity index (χ0) is 12.1. The van der Waals surface area contributed by atoms with Crippen LogP contribution in [0.3, 0.4) is 0 Å². The van der Waals surface area contributed by atoms with Gasteiger partial charge in [-0.05, 0) is 58.3 Å². The predicted molar refractivity (Wildman–Crippen MR) is 79.8 cm³/mol. The molecule has 88 valence electrons. The molecule has 0 bridgehead atoms. The van der Waals surface area contributed by atoms with Gasteiger partial charge in [-0.25, -0.2) is 0 Å². The van der Waals surface area contributed by atoms with E-state index >= 15 is 0 Å². The summed E-state index contributed by atoms with van der Waals surface area (Å²) in [5.41, 5.74) is 2.79. The highest BCUT2D eigenvalue weighted by atomic mass is 79.9. The molecule has 0 nitrogen and oxygen atoms in total. The van der Waals surface area contributed by atoms with Crippen molar-refractivity contribution in [1.29, 1.82) is 0 Å². The van der Waals surface area contributed by atoms with Gasteiger partial charge in [0, 0.05) is 9.37 Å². The molecule has 0 unspecified atom stereocenters. The minimum absolute atomic E-state index is 1.09. The molecule has 0 aliphatic carbocycles. The van der Waals surface area contributed by atoms with Crippen molar-refractivity contribution < 1.29 is 0 Å². The SMILES string of the molecule is CSc1ccc(CCc2ccccc2)cc1Br. The van der Waals surface area contributed by atoms with Crippen molar-refractivity contribution in [2.75, 3.05) is 6.26 Å². The molecule has 2 aromatic carbocycles. The van der Waals surface area contributed by atoms with E-state index in [0.717, 1.165) is 12.8 Å². The minimum Gasteiger partial charge on any atom is -0.128 e. The molecule has 0 fully saturated rings. The van der Waals surface area contributed by atoms with Crippen molar-refractivity contribution in [3.63, 3.8) is 0 Å². The molecule has 2 heteroatoms. The van der Waals surface area contributed by atoms with Gasteiger partial charge in [-0.2, -0.15) is 0 Å². The molecule has 0 heterocycles. The lowest BCUT2D eigenvalue weighted by Gasteiger charge is -2.05. The van der Waals surface area contributed by atoms with Gasteiger partial charge in [0.05, 0.1) is 0 Å². The highest BCUT2D eigenvalue weighted by molar-refractivity contribution is 9.10. The number of aryl methyl sites for hydroxylation is 2. The fourth-order valence-corrected chi connectivity index (χ4v) is 3.17. The molecule has 0 radical (unpaired) electrons. The summed E-state index contributed by atoms with van der Waals surface area (Å²) < 4.78 is 1.20. The Morgan fingerprint density at radius 1 is 0.941 bits per heavy atom. The lowest BCUT2D eigenvalue weighted by molar-refractivity contribution is 0.956. The van der Waals surface area contributed by atoms with Crippen LogP contribution in [0, 0.1) is 0 Å². The molecular weight excluding hydrogens is 292 g/mol. The highest BCUT2D eigenvalue weighted by Gasteiger charge is 2.01. The van der Waals surface area contributed by atoms with E-state index in [1.54, 1.807) is 11.8 Å². The van der Waals surface area contributed by atoms with E-state index in [4.69, 9.17) is 0 Å². The van der Waals surface area contributed by atoms with Crippen LogP contribution in [0.2, 0.25) is 0 Å². The molecule has 0 N–H and O–H groups in total. The second-order valence-electron chi connectivity index (χ2n) is 3.95. The lowest BCUT2D eigenvalue weighted by atomic mass is 10.0. The van der Waals surface area contributed by atoms with Crippen molar-refractivity contribution in [3.8, 4) is 0 Å². The van der Waals surface area contributed by atoms with E-state index in [1.807, 2.05) is 0 Å². The first-order chi connectivity index (χ1) is 8.29. The third-order valence-corrected chi connectivity index (χ3v) is 4.48. The first-order valence-corrected chi connectivity index (χ1v) is 7.67. The molecule has 2 aromatic rings. The van der Waals surface area contributed by atoms with Crippen molar-refractivity contribution in [2.24, 2.45) is 0 Å². The van der Waals surface area contributed by atoms with Crippen molar-refractivity contribution in [2.45, 2.75) is 17.7 Å². The monoisotopic (exact) mass is 306 g/mol. The highest BCUT2D eigenvalue weighted by Crippen LogP contribution is 2.26. The molecule has 0 saturated heterocycles. The van der Waals surface area contributed by atoms with Crippen LogP contribution in [0.4, 0.5) is 0 Å². The molecule has 0 aliphatic heterocycles. The maximum Gasteiger partial charge on any atom is 0.0313 e. The Hall–Kier alpha value is -0.730. The Bertz CT molecular complexity index is 480. The zero-order valence-electron chi connectivity index (χ0n) is 9.82. The Balaban J connectivity index is 2.02. The van der Waals surface area contributed by atoms with E-state index in [0.29, 0.717) is 0 Å². The van der Waals surface area contributed by atoms with E-state index in [2.05, 4.69) is 70.7 Å². The third kappa shape index (κ3) is 3.62. The van der Waals surface area contributed by atoms with Gasteiger partial charge in [0.25, 0.3) is 0 Å². The van der Waals surface area contributed by atoms with Gasteiger partial charge in [-0.3, -0.25) is 0 Å². The maximum atomic E-state index is 3.61. The Kier molecular flexibility index (Phi) is 4.69. The average molecular weight is 307 g/mol. The topological polar surface area (TPSA) is 0 Å². The number of hydrogen-bond acceptors (Lipinski definition) is 1. The fourth-order valence-electron chi connectivity index (χ4n) is 1.80. The fraction of sp³-hybridized carbons (Fsp3) is 0.200. The van der Waals surface area contributed by atoms with Crippen molar-refractivity contribution >= 4 is 27.7 Å². The van der Waals surface area contributed by atoms with Crippen LogP contribution in [-0.4, -0.2) is 6.26 Å². The normalized spacial score (nSPS) is 10.5. The largest absolute Gasteiger partial charge is 0.128 e. The summed E-state index contributed by atoms with van der Waals surface area (Å²) in [7, 11) is 0. The van der Waals surface area contributed by atoms with E-state index in [-0.39, 0.29) is 0 Å². The van der Waals surface area contributed by atoms with Crippen LogP contribution in [0.15, 0.2) is 57.9 Å². The van der Waals surface area contributed by atoms with Crippen LogP contribution in [0.25, 0.3) is 0 Å². The summed E-state index contributed by atoms with van der Waals surface area (Å²) in [4.78, 5) is 1.30. The number of rotatable bonds is 4. The summed E-state index contributed by atoms with van der Waals surface area (Å²) in [5, 5.41) is 0. The predicted octanol–water partition coefficient (Wildman–Crippen LogP) is 4.96. The van der Waals surface area contributed by atoms with Gasteiger partial charge >= 0.3 is 0 Å². The summed E-state index contributed by atoms with van der Waals surface area (Å²) in [5.74, 6) is 0. The summed E-state index contributed by atoms with van der Waals surface area (Å²) in [6.07, 6.45) is 4.30. The molecule has 0 aromatic heterocycles. The van der Waals surface area contributed by atoms with Crippen LogP contribution < -0.4 is 0 Å². The zero-order valence-corrected chi connectivity index (χ0v) is 12.2. The molecule has 17 heavy (non-hydrogen) atoms. The van der Waals surface area contributed by atoms with Gasteiger partial charge in [0.1, 0.15) is 0 Å². The molecule has 0 aliphatic rings. The molecule has 2 rings (SSSR count). The molecule has 0 spiro atoms. The van der Waals surface area contributed by atoms with Crippen LogP contribution in [0.5, 0.6) is 0 Å². The van der Waals surface area contributed by atoms with Crippen molar-refractivity contribution in [1.82, 2.24) is 0 Å². The Labute approximate surface area is 116 Å². The van der Waals surface area contributed by atoms with Crippen molar-refractivity contribution in [3.05, 3.63) is 64.1 Å². The second-order valence-corrected chi connectivity index (χ2v) is 5.66. The van der Waals surface area contributed by atoms with Gasteiger partial charge in [-0.15, -0.1) is 11.8 Å². The lowest BCUT2D eigenvalue weighted by Crippen LogP contribution is -1.91. The quantitative estimate of drug-likeness (QED) is 0.720. The first kappa shape index (κ1) is 12.7. The molecule has 0 saturated carbocycles. The number of hydrogen-bond donors (Lipinski definition) is 0. The average Bonchev–Trinajstić information content (AvgIpc) is 2.38. The summed E-state index contributed by atoms with van der Waals surface area (Å²) >= 11 is 5.38. The first-order valence-electron chi connectivity index (χ1n) is 5.66. The number of halogens is 1. The molecular formula is C15H15BrS.